The molecule has 17 rings (SSSR count). The molecule has 5 unspecified atom stereocenters. The van der Waals surface area contributed by atoms with E-state index in [1.807, 2.05) is 11.3 Å². The summed E-state index contributed by atoms with van der Waals surface area (Å²) in [4.78, 5) is 10.9. The van der Waals surface area contributed by atoms with E-state index < -0.39 is 0 Å². The first-order chi connectivity index (χ1) is 40.2. The number of ether oxygens (including phenoxy) is 1. The molecule has 0 saturated heterocycles. The minimum Gasteiger partial charge on any atom is -0.488 e. The molecule has 0 spiro atoms. The van der Waals surface area contributed by atoms with Crippen molar-refractivity contribution in [1.29, 1.82) is 0 Å². The molecule has 9 aromatic rings. The maximum atomic E-state index is 6.73. The second-order valence-corrected chi connectivity index (χ2v) is 28.6. The molecule has 5 atom stereocenters. The molecular weight excluding hydrogens is 1030 g/mol. The number of allylic oxidation sites excluding steroid dienone is 2. The van der Waals surface area contributed by atoms with E-state index in [1.54, 1.807) is 0 Å². The lowest BCUT2D eigenvalue weighted by atomic mass is 9.33. The average molecular weight is 1100 g/mol. The molecule has 0 N–H and O–H groups in total. The SMILES string of the molecule is Cc1cc2c3c(c1)N(c1cccc4c1=COC1C=CC=CC=41)c1cc(N4c5ccc(C(C)(C)C)cc5C5(C)CCCCC45C)ccc1B3c1ccc(N3c4ccccc4C4(C)CCCCC34C)cc1N2c1ccc2c(c1)sc1ccccc12. The van der Waals surface area contributed by atoms with Crippen molar-refractivity contribution in [2.24, 2.45) is 0 Å². The molecule has 0 radical (unpaired) electrons. The van der Waals surface area contributed by atoms with Crippen LogP contribution in [0.5, 0.6) is 0 Å². The summed E-state index contributed by atoms with van der Waals surface area (Å²) in [6.07, 6.45) is 20.2. The maximum absolute atomic E-state index is 6.73. The molecule has 0 amide bonds. The van der Waals surface area contributed by atoms with Gasteiger partial charge in [-0.15, -0.1) is 11.3 Å². The molecule has 410 valence electrons. The molecule has 8 aromatic carbocycles. The molecule has 0 bridgehead atoms. The van der Waals surface area contributed by atoms with Crippen molar-refractivity contribution < 1.29 is 4.74 Å². The zero-order valence-electron chi connectivity index (χ0n) is 49.2. The van der Waals surface area contributed by atoms with Crippen LogP contribution in [0.4, 0.5) is 56.9 Å². The van der Waals surface area contributed by atoms with Crippen LogP contribution < -0.4 is 46.4 Å². The smallest absolute Gasteiger partial charge is 0.252 e. The van der Waals surface area contributed by atoms with Crippen LogP contribution in [-0.4, -0.2) is 23.9 Å². The van der Waals surface area contributed by atoms with Crippen LogP contribution >= 0.6 is 11.3 Å². The number of fused-ring (bicyclic) bond motifs is 15. The van der Waals surface area contributed by atoms with Gasteiger partial charge in [0.2, 0.25) is 0 Å². The summed E-state index contributed by atoms with van der Waals surface area (Å²) in [6, 6.07) is 60.2. The number of nitrogens with zero attached hydrogens (tertiary/aromatic N) is 4. The maximum Gasteiger partial charge on any atom is 0.252 e. The first-order valence-corrected chi connectivity index (χ1v) is 31.6. The third kappa shape index (κ3) is 6.61. The van der Waals surface area contributed by atoms with Gasteiger partial charge >= 0.3 is 0 Å². The number of rotatable bonds is 4. The highest BCUT2D eigenvalue weighted by molar-refractivity contribution is 7.25. The molecule has 8 aliphatic rings. The first-order valence-electron chi connectivity index (χ1n) is 30.8. The normalized spacial score (nSPS) is 25.0. The Labute approximate surface area is 493 Å². The van der Waals surface area contributed by atoms with Crippen LogP contribution in [0.15, 0.2) is 176 Å². The second-order valence-electron chi connectivity index (χ2n) is 27.5. The van der Waals surface area contributed by atoms with Crippen LogP contribution in [-0.2, 0) is 21.0 Å². The van der Waals surface area contributed by atoms with Gasteiger partial charge in [-0.25, -0.2) is 0 Å². The van der Waals surface area contributed by atoms with Gasteiger partial charge in [-0.3, -0.25) is 0 Å². The lowest BCUT2D eigenvalue weighted by molar-refractivity contribution is 0.195. The summed E-state index contributed by atoms with van der Waals surface area (Å²) in [5.74, 6) is 0. The predicted octanol–water partition coefficient (Wildman–Crippen LogP) is 16.6. The van der Waals surface area contributed by atoms with Crippen molar-refractivity contribution in [3.63, 3.8) is 0 Å². The Hall–Kier alpha value is -7.74. The largest absolute Gasteiger partial charge is 0.488 e. The summed E-state index contributed by atoms with van der Waals surface area (Å²) in [7, 11) is 0. The lowest BCUT2D eigenvalue weighted by Gasteiger charge is -2.51. The Balaban J connectivity index is 0.942. The van der Waals surface area contributed by atoms with Gasteiger partial charge in [0.25, 0.3) is 6.71 Å². The molecule has 1 aromatic heterocycles. The van der Waals surface area contributed by atoms with Gasteiger partial charge in [-0.05, 0) is 175 Å². The van der Waals surface area contributed by atoms with Crippen molar-refractivity contribution in [1.82, 2.24) is 0 Å². The molecular formula is C76H71BN4OS. The highest BCUT2D eigenvalue weighted by Gasteiger charge is 2.60. The number of benzene rings is 8. The standard InChI is InChI=1S/C76H71BN4OS/c1-47-40-66-71-67(41-47)79(61-25-19-22-52-53-20-9-13-26-68(53)82-46-56(52)61)65-44-51(81-63-35-28-48(72(2,3)4)42-58(63)74(6)37-16-18-39-76(74,81)8)31-34-60(65)77(71)59-33-30-50(80-62-24-12-11-23-57(62)73(5)36-15-17-38-75(73,80)7)43-64(59)78(66)49-29-32-55-54-21-10-14-27-69(54)83-70(55)45-49/h9-14,19-35,40-46,68H,15-18,36-39H2,1-8H3. The fourth-order valence-electron chi connectivity index (χ4n) is 17.6. The number of thiophene rings is 1. The van der Waals surface area contributed by atoms with E-state index in [1.165, 1.54) is 159 Å². The molecule has 5 aliphatic heterocycles. The first kappa shape index (κ1) is 49.8. The van der Waals surface area contributed by atoms with Gasteiger partial charge in [0.15, 0.2) is 0 Å². The molecule has 83 heavy (non-hydrogen) atoms. The van der Waals surface area contributed by atoms with Crippen molar-refractivity contribution >= 4 is 123 Å². The van der Waals surface area contributed by atoms with Gasteiger partial charge in [-0.1, -0.05) is 157 Å². The van der Waals surface area contributed by atoms with Crippen LogP contribution in [0.25, 0.3) is 32.0 Å². The lowest BCUT2D eigenvalue weighted by Crippen LogP contribution is -2.62. The minimum absolute atomic E-state index is 0.0130. The number of hydrogen-bond donors (Lipinski definition) is 0. The minimum atomic E-state index is -0.122. The van der Waals surface area contributed by atoms with E-state index in [9.17, 15) is 0 Å². The summed E-state index contributed by atoms with van der Waals surface area (Å²) < 4.78 is 9.36. The quantitative estimate of drug-likeness (QED) is 0.163. The van der Waals surface area contributed by atoms with Crippen molar-refractivity contribution in [3.8, 4) is 0 Å². The van der Waals surface area contributed by atoms with E-state index in [0.717, 1.165) is 23.7 Å². The van der Waals surface area contributed by atoms with E-state index in [0.29, 0.717) is 0 Å². The number of para-hydroxylation sites is 1. The van der Waals surface area contributed by atoms with Crippen LogP contribution in [0.2, 0.25) is 0 Å². The Kier molecular flexibility index (Phi) is 10.3. The molecule has 5 nitrogen and oxygen atoms in total. The highest BCUT2D eigenvalue weighted by atomic mass is 32.1. The Morgan fingerprint density at radius 1 is 0.530 bits per heavy atom. The fourth-order valence-corrected chi connectivity index (χ4v) is 18.8. The second kappa shape index (κ2) is 17.2. The third-order valence-corrected chi connectivity index (χ3v) is 23.4. The zero-order valence-corrected chi connectivity index (χ0v) is 50.1. The molecule has 6 heterocycles. The third-order valence-electron chi connectivity index (χ3n) is 22.2. The summed E-state index contributed by atoms with van der Waals surface area (Å²) in [6.45, 7) is 19.6. The fraction of sp³-hybridized carbons (Fsp3) is 0.289. The van der Waals surface area contributed by atoms with Gasteiger partial charge in [0.1, 0.15) is 6.10 Å². The summed E-state index contributed by atoms with van der Waals surface area (Å²) in [5, 5.41) is 4.96. The van der Waals surface area contributed by atoms with Crippen molar-refractivity contribution in [2.75, 3.05) is 19.6 Å². The molecule has 7 heteroatoms. The van der Waals surface area contributed by atoms with Gasteiger partial charge in [-0.2, -0.15) is 0 Å². The Morgan fingerprint density at radius 3 is 1.90 bits per heavy atom. The number of aryl methyl sites for hydroxylation is 1. The van der Waals surface area contributed by atoms with Crippen LogP contribution in [0, 0.1) is 6.92 Å². The van der Waals surface area contributed by atoms with Crippen LogP contribution in [0.3, 0.4) is 0 Å². The molecule has 2 fully saturated rings. The number of hydrogen-bond acceptors (Lipinski definition) is 6. The van der Waals surface area contributed by atoms with Crippen LogP contribution in [0.1, 0.15) is 122 Å². The van der Waals surface area contributed by atoms with Gasteiger partial charge in [0.05, 0.1) is 23.0 Å². The molecule has 3 aliphatic carbocycles. The van der Waals surface area contributed by atoms with E-state index in [4.69, 9.17) is 4.74 Å². The Morgan fingerprint density at radius 2 is 1.16 bits per heavy atom. The zero-order chi connectivity index (χ0) is 56.1. The summed E-state index contributed by atoms with van der Waals surface area (Å²) in [5.41, 5.74) is 23.1. The van der Waals surface area contributed by atoms with E-state index >= 15 is 0 Å². The van der Waals surface area contributed by atoms with Crippen molar-refractivity contribution in [2.45, 2.75) is 140 Å². The van der Waals surface area contributed by atoms with E-state index in [-0.39, 0.29) is 40.1 Å². The van der Waals surface area contributed by atoms with Crippen molar-refractivity contribution in [3.05, 3.63) is 209 Å². The Bertz CT molecular complexity index is 4530. The average Bonchev–Trinajstić information content (AvgIpc) is 2.19. The molecule has 2 saturated carbocycles. The predicted molar refractivity (Wildman–Crippen MR) is 353 cm³/mol. The topological polar surface area (TPSA) is 22.2 Å². The van der Waals surface area contributed by atoms with E-state index in [2.05, 4.69) is 257 Å². The number of anilines is 10. The highest BCUT2D eigenvalue weighted by Crippen LogP contribution is 2.63. The monoisotopic (exact) mass is 1100 g/mol. The van der Waals surface area contributed by atoms with Gasteiger partial charge < -0.3 is 24.3 Å². The van der Waals surface area contributed by atoms with Gasteiger partial charge in [0, 0.05) is 93.0 Å². The summed E-state index contributed by atoms with van der Waals surface area (Å²) >= 11 is 1.90.